The van der Waals surface area contributed by atoms with Gasteiger partial charge in [-0.05, 0) is 24.0 Å². The highest BCUT2D eigenvalue weighted by atomic mass is 16.2. The molecule has 8 nitrogen and oxygen atoms in total. The molecule has 0 bridgehead atoms. The second kappa shape index (κ2) is 12.7. The number of carbonyl (C=O) groups is 2. The maximum absolute atomic E-state index is 13.1. The van der Waals surface area contributed by atoms with E-state index in [2.05, 4.69) is 17.5 Å². The summed E-state index contributed by atoms with van der Waals surface area (Å²) < 4.78 is 0. The first-order valence-electron chi connectivity index (χ1n) is 11.7. The lowest BCUT2D eigenvalue weighted by Crippen LogP contribution is -2.62. The molecule has 5 N–H and O–H groups in total. The van der Waals surface area contributed by atoms with Gasteiger partial charge < -0.3 is 21.7 Å². The molecule has 0 aromatic heterocycles. The minimum absolute atomic E-state index is 0.103. The van der Waals surface area contributed by atoms with Crippen LogP contribution in [0.25, 0.3) is 0 Å². The zero-order valence-electron chi connectivity index (χ0n) is 20.5. The molecule has 0 saturated heterocycles. The molecule has 2 unspecified atom stereocenters. The van der Waals surface area contributed by atoms with Crippen LogP contribution in [0.4, 0.5) is 0 Å². The van der Waals surface area contributed by atoms with E-state index in [1.807, 2.05) is 36.4 Å². The van der Waals surface area contributed by atoms with E-state index in [1.54, 1.807) is 38.1 Å². The lowest BCUT2D eigenvalue weighted by atomic mass is 9.71. The topological polar surface area (TPSA) is 149 Å². The minimum Gasteiger partial charge on any atom is -0.336 e. The van der Waals surface area contributed by atoms with E-state index < -0.39 is 41.4 Å². The number of carbonyl (C=O) groups excluding carboxylic acids is 2. The Morgan fingerprint density at radius 3 is 2.00 bits per heavy atom. The molecule has 0 aliphatic rings. The van der Waals surface area contributed by atoms with E-state index in [0.29, 0.717) is 18.4 Å². The van der Waals surface area contributed by atoms with Crippen molar-refractivity contribution in [1.82, 2.24) is 10.2 Å². The Morgan fingerprint density at radius 2 is 1.51 bits per heavy atom. The summed E-state index contributed by atoms with van der Waals surface area (Å²) in [4.78, 5) is 27.4. The first kappa shape index (κ1) is 27.5. The molecule has 2 aromatic rings. The number of amides is 2. The fourth-order valence-corrected chi connectivity index (χ4v) is 4.14. The minimum atomic E-state index is -1.59. The molecule has 8 heteroatoms. The first-order chi connectivity index (χ1) is 16.7. The zero-order valence-corrected chi connectivity index (χ0v) is 20.5. The highest BCUT2D eigenvalue weighted by molar-refractivity contribution is 5.83. The molecular weight excluding hydrogens is 440 g/mol. The number of rotatable bonds is 11. The van der Waals surface area contributed by atoms with Crippen LogP contribution in [-0.4, -0.2) is 47.4 Å². The van der Waals surface area contributed by atoms with Crippen molar-refractivity contribution in [1.29, 1.82) is 10.5 Å². The second-order valence-corrected chi connectivity index (χ2v) is 8.68. The van der Waals surface area contributed by atoms with Crippen LogP contribution >= 0.6 is 0 Å². The van der Waals surface area contributed by atoms with Crippen molar-refractivity contribution in [2.75, 3.05) is 7.05 Å². The molecule has 0 fully saturated rings. The van der Waals surface area contributed by atoms with Gasteiger partial charge in [-0.25, -0.2) is 0 Å². The van der Waals surface area contributed by atoms with E-state index in [0.717, 1.165) is 5.56 Å². The number of nitrogens with zero attached hydrogens (tertiary/aromatic N) is 3. The van der Waals surface area contributed by atoms with Crippen molar-refractivity contribution >= 4 is 11.8 Å². The smallest absolute Gasteiger partial charge is 0.240 e. The van der Waals surface area contributed by atoms with Gasteiger partial charge in [0.25, 0.3) is 0 Å². The van der Waals surface area contributed by atoms with Crippen molar-refractivity contribution in [3.63, 3.8) is 0 Å². The van der Waals surface area contributed by atoms with Crippen LogP contribution in [0, 0.1) is 22.7 Å². The van der Waals surface area contributed by atoms with Crippen LogP contribution in [0.15, 0.2) is 60.7 Å². The number of nitrogens with one attached hydrogen (secondary N) is 1. The van der Waals surface area contributed by atoms with Crippen molar-refractivity contribution in [3.05, 3.63) is 71.8 Å². The van der Waals surface area contributed by atoms with Gasteiger partial charge in [0.15, 0.2) is 0 Å². The third-order valence-corrected chi connectivity index (χ3v) is 6.31. The maximum atomic E-state index is 13.1. The van der Waals surface area contributed by atoms with Gasteiger partial charge in [0.1, 0.15) is 11.6 Å². The lowest BCUT2D eigenvalue weighted by Gasteiger charge is -2.42. The van der Waals surface area contributed by atoms with Crippen LogP contribution in [0.3, 0.4) is 0 Å². The number of likely N-dealkylation sites (N-methyl/N-ethyl adjacent to an activating group) is 1. The van der Waals surface area contributed by atoms with Crippen LogP contribution in [0.5, 0.6) is 0 Å². The molecule has 0 aliphatic heterocycles. The largest absolute Gasteiger partial charge is 0.336 e. The molecule has 2 aromatic carbocycles. The van der Waals surface area contributed by atoms with Gasteiger partial charge in [0.05, 0.1) is 30.1 Å². The Kier molecular flexibility index (Phi) is 9.96. The molecular formula is C27H34N6O2. The summed E-state index contributed by atoms with van der Waals surface area (Å²) in [5, 5.41) is 23.8. The SMILES string of the molecule is CC[C@H](N)C(=O)N[C@@](C#N)(Cc1ccccc1)C(c1ccccc1)C(C#N)N(C)C(=O)[C@@H](N)CC. The highest BCUT2D eigenvalue weighted by Gasteiger charge is 2.48. The van der Waals surface area contributed by atoms with Crippen LogP contribution in [-0.2, 0) is 16.0 Å². The number of nitriles is 2. The molecule has 0 radical (unpaired) electrons. The zero-order chi connectivity index (χ0) is 26.0. The normalized spacial score (nSPS) is 15.9. The number of hydrogen-bond acceptors (Lipinski definition) is 6. The molecule has 2 amide bonds. The van der Waals surface area contributed by atoms with Gasteiger partial charge in [-0.1, -0.05) is 74.5 Å². The summed E-state index contributed by atoms with van der Waals surface area (Å²) in [5.74, 6) is -1.81. The Morgan fingerprint density at radius 1 is 0.971 bits per heavy atom. The van der Waals surface area contributed by atoms with Gasteiger partial charge in [0.2, 0.25) is 11.8 Å². The summed E-state index contributed by atoms with van der Waals surface area (Å²) in [6, 6.07) is 20.0. The van der Waals surface area contributed by atoms with Crippen molar-refractivity contribution in [3.8, 4) is 12.1 Å². The fraction of sp³-hybridized carbons (Fsp3) is 0.407. The molecule has 184 valence electrons. The third-order valence-electron chi connectivity index (χ3n) is 6.31. The highest BCUT2D eigenvalue weighted by Crippen LogP contribution is 2.36. The van der Waals surface area contributed by atoms with Gasteiger partial charge in [0, 0.05) is 13.5 Å². The van der Waals surface area contributed by atoms with E-state index in [-0.39, 0.29) is 6.42 Å². The Balaban J connectivity index is 2.75. The molecule has 0 heterocycles. The van der Waals surface area contributed by atoms with Gasteiger partial charge in [-0.2, -0.15) is 10.5 Å². The molecule has 0 spiro atoms. The lowest BCUT2D eigenvalue weighted by molar-refractivity contribution is -0.133. The van der Waals surface area contributed by atoms with Crippen LogP contribution in [0.2, 0.25) is 0 Å². The summed E-state index contributed by atoms with van der Waals surface area (Å²) in [7, 11) is 1.51. The molecule has 0 saturated carbocycles. The standard InChI is InChI=1S/C27H34N6O2/c1-4-21(30)25(34)32-27(18-29,16-19-12-8-6-9-13-19)24(20-14-10-7-11-15-20)23(17-28)33(3)26(35)22(31)5-2/h6-15,21-24H,4-5,16,30-31H2,1-3H3,(H,32,34)/t21-,22-,23?,24?,27+/m0/s1. The van der Waals surface area contributed by atoms with E-state index in [4.69, 9.17) is 11.5 Å². The molecule has 0 aliphatic carbocycles. The van der Waals surface area contributed by atoms with E-state index in [9.17, 15) is 20.1 Å². The predicted molar refractivity (Wildman–Crippen MR) is 135 cm³/mol. The summed E-state index contributed by atoms with van der Waals surface area (Å²) >= 11 is 0. The van der Waals surface area contributed by atoms with Crippen molar-refractivity contribution < 1.29 is 9.59 Å². The Bertz CT molecular complexity index is 1060. The fourth-order valence-electron chi connectivity index (χ4n) is 4.14. The molecule has 35 heavy (non-hydrogen) atoms. The van der Waals surface area contributed by atoms with Gasteiger partial charge in [-0.15, -0.1) is 0 Å². The Labute approximate surface area is 207 Å². The van der Waals surface area contributed by atoms with Crippen LogP contribution in [0.1, 0.15) is 43.7 Å². The Hall–Kier alpha value is -3.72. The molecule has 2 rings (SSSR count). The van der Waals surface area contributed by atoms with E-state index in [1.165, 1.54) is 11.9 Å². The van der Waals surface area contributed by atoms with Crippen molar-refractivity contribution in [2.24, 2.45) is 11.5 Å². The average Bonchev–Trinajstić information content (AvgIpc) is 2.90. The van der Waals surface area contributed by atoms with Gasteiger partial charge in [-0.3, -0.25) is 9.59 Å². The summed E-state index contributed by atoms with van der Waals surface area (Å²) in [6.07, 6.45) is 0.874. The first-order valence-corrected chi connectivity index (χ1v) is 11.7. The maximum Gasteiger partial charge on any atom is 0.240 e. The number of hydrogen-bond donors (Lipinski definition) is 3. The second-order valence-electron chi connectivity index (χ2n) is 8.68. The summed E-state index contributed by atoms with van der Waals surface area (Å²) in [6.45, 7) is 3.56. The third kappa shape index (κ3) is 6.45. The van der Waals surface area contributed by atoms with Crippen molar-refractivity contribution in [2.45, 2.75) is 62.7 Å². The van der Waals surface area contributed by atoms with Crippen LogP contribution < -0.4 is 16.8 Å². The quantitative estimate of drug-likeness (QED) is 0.454. The monoisotopic (exact) mass is 474 g/mol. The predicted octanol–water partition coefficient (Wildman–Crippen LogP) is 2.22. The summed E-state index contributed by atoms with van der Waals surface area (Å²) in [5.41, 5.74) is 11.9. The number of benzene rings is 2. The van der Waals surface area contributed by atoms with E-state index >= 15 is 0 Å². The molecule has 5 atom stereocenters. The van der Waals surface area contributed by atoms with Gasteiger partial charge >= 0.3 is 0 Å². The average molecular weight is 475 g/mol. The number of nitrogens with two attached hydrogens (primary N) is 2.